The SMILES string of the molecule is CCCNC(CCc1cccs1)C1SCCSC1C. The molecule has 1 aromatic heterocycles. The monoisotopic (exact) mass is 315 g/mol. The van der Waals surface area contributed by atoms with E-state index in [-0.39, 0.29) is 0 Å². The van der Waals surface area contributed by atoms with Crippen molar-refractivity contribution >= 4 is 34.9 Å². The van der Waals surface area contributed by atoms with Gasteiger partial charge in [0.1, 0.15) is 0 Å². The van der Waals surface area contributed by atoms with Crippen LogP contribution in [0.1, 0.15) is 31.6 Å². The van der Waals surface area contributed by atoms with Crippen molar-refractivity contribution in [1.82, 2.24) is 5.32 Å². The maximum atomic E-state index is 3.80. The molecule has 3 atom stereocenters. The minimum absolute atomic E-state index is 0.676. The van der Waals surface area contributed by atoms with E-state index in [1.54, 1.807) is 0 Å². The van der Waals surface area contributed by atoms with Crippen molar-refractivity contribution in [3.63, 3.8) is 0 Å². The average Bonchev–Trinajstić information content (AvgIpc) is 2.93. The molecule has 0 bridgehead atoms. The normalized spacial score (nSPS) is 25.4. The third-order valence-corrected chi connectivity index (χ3v) is 7.76. The first kappa shape index (κ1) is 15.7. The van der Waals surface area contributed by atoms with Gasteiger partial charge in [-0.05, 0) is 37.3 Å². The number of thiophene rings is 1. The lowest BCUT2D eigenvalue weighted by Gasteiger charge is -2.35. The van der Waals surface area contributed by atoms with Gasteiger partial charge in [-0.1, -0.05) is 19.9 Å². The fourth-order valence-corrected chi connectivity index (χ4v) is 6.28. The van der Waals surface area contributed by atoms with Crippen LogP contribution < -0.4 is 5.32 Å². The molecule has 0 spiro atoms. The largest absolute Gasteiger partial charge is 0.313 e. The predicted molar refractivity (Wildman–Crippen MR) is 92.9 cm³/mol. The first-order valence-corrected chi connectivity index (χ1v) is 10.3. The summed E-state index contributed by atoms with van der Waals surface area (Å²) in [6.45, 7) is 5.83. The molecule has 1 aliphatic rings. The Hall–Kier alpha value is 0.360. The van der Waals surface area contributed by atoms with Gasteiger partial charge >= 0.3 is 0 Å². The molecular formula is C15H25NS3. The minimum Gasteiger partial charge on any atom is -0.313 e. The second-order valence-electron chi connectivity index (χ2n) is 5.09. The van der Waals surface area contributed by atoms with Gasteiger partial charge in [0.2, 0.25) is 0 Å². The van der Waals surface area contributed by atoms with Gasteiger partial charge in [0.05, 0.1) is 0 Å². The lowest BCUT2D eigenvalue weighted by molar-refractivity contribution is 0.463. The van der Waals surface area contributed by atoms with Crippen LogP contribution in [0.3, 0.4) is 0 Å². The highest BCUT2D eigenvalue weighted by molar-refractivity contribution is 8.07. The Bertz CT molecular complexity index is 339. The summed E-state index contributed by atoms with van der Waals surface area (Å²) in [5.41, 5.74) is 0. The first-order valence-electron chi connectivity index (χ1n) is 7.30. The first-order chi connectivity index (χ1) is 9.31. The summed E-state index contributed by atoms with van der Waals surface area (Å²) in [5.74, 6) is 2.65. The molecule has 0 saturated carbocycles. The average molecular weight is 316 g/mol. The quantitative estimate of drug-likeness (QED) is 0.806. The zero-order valence-electron chi connectivity index (χ0n) is 11.9. The summed E-state index contributed by atoms with van der Waals surface area (Å²) in [4.78, 5) is 1.53. The van der Waals surface area contributed by atoms with Gasteiger partial charge in [-0.3, -0.25) is 0 Å². The Morgan fingerprint density at radius 2 is 2.21 bits per heavy atom. The molecule has 1 nitrogen and oxygen atoms in total. The van der Waals surface area contributed by atoms with Crippen LogP contribution in [0.5, 0.6) is 0 Å². The number of hydrogen-bond donors (Lipinski definition) is 1. The van der Waals surface area contributed by atoms with E-state index < -0.39 is 0 Å². The maximum absolute atomic E-state index is 3.80. The van der Waals surface area contributed by atoms with Crippen LogP contribution in [0.4, 0.5) is 0 Å². The van der Waals surface area contributed by atoms with Crippen molar-refractivity contribution < 1.29 is 0 Å². The molecule has 3 unspecified atom stereocenters. The summed E-state index contributed by atoms with van der Waals surface area (Å²) in [7, 11) is 0. The van der Waals surface area contributed by atoms with Crippen LogP contribution in [-0.4, -0.2) is 34.6 Å². The maximum Gasteiger partial charge on any atom is 0.0317 e. The highest BCUT2D eigenvalue weighted by atomic mass is 32.2. The zero-order chi connectivity index (χ0) is 13.5. The molecule has 1 N–H and O–H groups in total. The second kappa shape index (κ2) is 8.60. The fraction of sp³-hybridized carbons (Fsp3) is 0.733. The molecule has 4 heteroatoms. The van der Waals surface area contributed by atoms with Gasteiger partial charge < -0.3 is 5.32 Å². The third kappa shape index (κ3) is 5.00. The lowest BCUT2D eigenvalue weighted by atomic mass is 10.0. The number of thioether (sulfide) groups is 2. The van der Waals surface area contributed by atoms with E-state index in [4.69, 9.17) is 0 Å². The molecule has 0 radical (unpaired) electrons. The van der Waals surface area contributed by atoms with Crippen LogP contribution in [-0.2, 0) is 6.42 Å². The van der Waals surface area contributed by atoms with E-state index in [9.17, 15) is 0 Å². The van der Waals surface area contributed by atoms with Crippen molar-refractivity contribution in [2.45, 2.75) is 49.7 Å². The van der Waals surface area contributed by atoms with Gasteiger partial charge in [-0.15, -0.1) is 11.3 Å². The highest BCUT2D eigenvalue weighted by Gasteiger charge is 2.29. The highest BCUT2D eigenvalue weighted by Crippen LogP contribution is 2.34. The van der Waals surface area contributed by atoms with E-state index in [0.29, 0.717) is 6.04 Å². The fourth-order valence-electron chi connectivity index (χ4n) is 2.56. The Morgan fingerprint density at radius 3 is 2.89 bits per heavy atom. The van der Waals surface area contributed by atoms with E-state index in [0.717, 1.165) is 17.0 Å². The smallest absolute Gasteiger partial charge is 0.0317 e. The van der Waals surface area contributed by atoms with E-state index in [1.807, 2.05) is 11.3 Å². The Labute approximate surface area is 130 Å². The summed E-state index contributed by atoms with van der Waals surface area (Å²) >= 11 is 6.24. The van der Waals surface area contributed by atoms with Crippen LogP contribution in [0.25, 0.3) is 0 Å². The molecule has 0 amide bonds. The van der Waals surface area contributed by atoms with Crippen molar-refractivity contribution in [2.75, 3.05) is 18.1 Å². The van der Waals surface area contributed by atoms with Crippen molar-refractivity contribution in [3.05, 3.63) is 22.4 Å². The van der Waals surface area contributed by atoms with Gasteiger partial charge in [-0.2, -0.15) is 23.5 Å². The molecule has 108 valence electrons. The van der Waals surface area contributed by atoms with Crippen LogP contribution in [0, 0.1) is 0 Å². The molecule has 2 rings (SSSR count). The van der Waals surface area contributed by atoms with Crippen molar-refractivity contribution in [3.8, 4) is 0 Å². The summed E-state index contributed by atoms with van der Waals surface area (Å²) in [6.07, 6.45) is 3.74. The van der Waals surface area contributed by atoms with Crippen LogP contribution >= 0.6 is 34.9 Å². The summed E-state index contributed by atoms with van der Waals surface area (Å²) in [6, 6.07) is 5.12. The predicted octanol–water partition coefficient (Wildman–Crippen LogP) is 4.29. The van der Waals surface area contributed by atoms with E-state index in [2.05, 4.69) is 60.2 Å². The van der Waals surface area contributed by atoms with E-state index >= 15 is 0 Å². The van der Waals surface area contributed by atoms with Gasteiger partial charge in [0.15, 0.2) is 0 Å². The van der Waals surface area contributed by atoms with Gasteiger partial charge in [0.25, 0.3) is 0 Å². The van der Waals surface area contributed by atoms with Gasteiger partial charge in [-0.25, -0.2) is 0 Å². The molecule has 0 aromatic carbocycles. The Kier molecular flexibility index (Phi) is 7.13. The molecule has 1 fully saturated rings. The van der Waals surface area contributed by atoms with E-state index in [1.165, 1.54) is 35.6 Å². The number of rotatable bonds is 7. The number of nitrogens with one attached hydrogen (secondary N) is 1. The molecule has 1 aliphatic heterocycles. The zero-order valence-corrected chi connectivity index (χ0v) is 14.4. The molecule has 1 aromatic rings. The Balaban J connectivity index is 1.89. The molecule has 19 heavy (non-hydrogen) atoms. The number of aryl methyl sites for hydroxylation is 1. The van der Waals surface area contributed by atoms with Crippen molar-refractivity contribution in [2.24, 2.45) is 0 Å². The summed E-state index contributed by atoms with van der Waals surface area (Å²) in [5, 5.41) is 7.57. The lowest BCUT2D eigenvalue weighted by Crippen LogP contribution is -2.44. The molecular weight excluding hydrogens is 290 g/mol. The third-order valence-electron chi connectivity index (χ3n) is 3.57. The minimum atomic E-state index is 0.676. The van der Waals surface area contributed by atoms with Crippen LogP contribution in [0.2, 0.25) is 0 Å². The Morgan fingerprint density at radius 1 is 1.37 bits per heavy atom. The van der Waals surface area contributed by atoms with Crippen molar-refractivity contribution in [1.29, 1.82) is 0 Å². The topological polar surface area (TPSA) is 12.0 Å². The standard InChI is InChI=1S/C15H25NS3/c1-3-8-16-14(7-6-13-5-4-9-18-13)15-12(2)17-10-11-19-15/h4-5,9,12,14-16H,3,6-8,10-11H2,1-2H3. The number of hydrogen-bond acceptors (Lipinski definition) is 4. The molecule has 1 saturated heterocycles. The molecule has 0 aliphatic carbocycles. The second-order valence-corrected chi connectivity index (χ2v) is 8.89. The van der Waals surface area contributed by atoms with Gasteiger partial charge in [0, 0.05) is 32.9 Å². The van der Waals surface area contributed by atoms with Crippen LogP contribution in [0.15, 0.2) is 17.5 Å². The summed E-state index contributed by atoms with van der Waals surface area (Å²) < 4.78 is 0. The molecule has 2 heterocycles.